The standard InChI is InChI=1S/C21H21N5O2/c22-18-3-1-2-4-19(18)25-20(27)15-7-5-14(6-8-15)12-26-13-16(11-23-26)21(28)24-17-9-10-17/h1-8,11,13,17H,9-10,12,22H2,(H,24,28)(H,25,27). The molecule has 7 heteroatoms. The number of aromatic nitrogens is 2. The van der Waals surface area contributed by atoms with Crippen LogP contribution in [0.2, 0.25) is 0 Å². The molecule has 3 aromatic rings. The first-order chi connectivity index (χ1) is 13.6. The minimum atomic E-state index is -0.220. The molecule has 0 unspecified atom stereocenters. The van der Waals surface area contributed by atoms with Gasteiger partial charge in [-0.25, -0.2) is 0 Å². The third kappa shape index (κ3) is 4.20. The maximum atomic E-state index is 12.4. The Morgan fingerprint density at radius 1 is 1.04 bits per heavy atom. The second-order valence-corrected chi connectivity index (χ2v) is 6.91. The van der Waals surface area contributed by atoms with E-state index in [1.54, 1.807) is 41.3 Å². The highest BCUT2D eigenvalue weighted by Gasteiger charge is 2.24. The van der Waals surface area contributed by atoms with Gasteiger partial charge in [0.2, 0.25) is 0 Å². The lowest BCUT2D eigenvalue weighted by Gasteiger charge is -2.08. The lowest BCUT2D eigenvalue weighted by Crippen LogP contribution is -2.24. The summed E-state index contributed by atoms with van der Waals surface area (Å²) in [5, 5.41) is 10.00. The van der Waals surface area contributed by atoms with Crippen LogP contribution in [0.25, 0.3) is 0 Å². The lowest BCUT2D eigenvalue weighted by atomic mass is 10.1. The van der Waals surface area contributed by atoms with E-state index in [0.717, 1.165) is 18.4 Å². The fourth-order valence-corrected chi connectivity index (χ4v) is 2.82. The zero-order chi connectivity index (χ0) is 19.5. The average Bonchev–Trinajstić information content (AvgIpc) is 3.38. The van der Waals surface area contributed by atoms with E-state index in [2.05, 4.69) is 15.7 Å². The molecule has 4 rings (SSSR count). The summed E-state index contributed by atoms with van der Waals surface area (Å²) in [6.07, 6.45) is 5.41. The molecular weight excluding hydrogens is 354 g/mol. The summed E-state index contributed by atoms with van der Waals surface area (Å²) in [6, 6.07) is 14.7. The van der Waals surface area contributed by atoms with Gasteiger partial charge >= 0.3 is 0 Å². The van der Waals surface area contributed by atoms with E-state index >= 15 is 0 Å². The number of carbonyl (C=O) groups excluding carboxylic acids is 2. The summed E-state index contributed by atoms with van der Waals surface area (Å²) in [6.45, 7) is 0.518. The Kier molecular flexibility index (Phi) is 4.80. The van der Waals surface area contributed by atoms with Crippen LogP contribution in [0.3, 0.4) is 0 Å². The Morgan fingerprint density at radius 3 is 2.50 bits per heavy atom. The average molecular weight is 375 g/mol. The van der Waals surface area contributed by atoms with Gasteiger partial charge in [0, 0.05) is 17.8 Å². The number of hydrogen-bond acceptors (Lipinski definition) is 4. The van der Waals surface area contributed by atoms with Gasteiger partial charge in [-0.05, 0) is 42.7 Å². The molecule has 0 saturated heterocycles. The predicted octanol–water partition coefficient (Wildman–Crippen LogP) is 2.66. The molecule has 7 nitrogen and oxygen atoms in total. The van der Waals surface area contributed by atoms with Crippen LogP contribution in [-0.2, 0) is 6.54 Å². The summed E-state index contributed by atoms with van der Waals surface area (Å²) in [4.78, 5) is 24.4. The SMILES string of the molecule is Nc1ccccc1NC(=O)c1ccc(Cn2cc(C(=O)NC3CC3)cn2)cc1. The summed E-state index contributed by atoms with van der Waals surface area (Å²) in [5.41, 5.74) is 9.04. The van der Waals surface area contributed by atoms with Crippen molar-refractivity contribution in [2.45, 2.75) is 25.4 Å². The molecule has 2 amide bonds. The van der Waals surface area contributed by atoms with Crippen molar-refractivity contribution in [1.82, 2.24) is 15.1 Å². The van der Waals surface area contributed by atoms with E-state index in [1.165, 1.54) is 0 Å². The van der Waals surface area contributed by atoms with Crippen LogP contribution < -0.4 is 16.4 Å². The molecule has 1 fully saturated rings. The van der Waals surface area contributed by atoms with Gasteiger partial charge in [0.15, 0.2) is 0 Å². The van der Waals surface area contributed by atoms with Crippen molar-refractivity contribution in [1.29, 1.82) is 0 Å². The van der Waals surface area contributed by atoms with Crippen LogP contribution in [0.5, 0.6) is 0 Å². The molecule has 28 heavy (non-hydrogen) atoms. The second kappa shape index (κ2) is 7.56. The monoisotopic (exact) mass is 375 g/mol. The van der Waals surface area contributed by atoms with Crippen LogP contribution >= 0.6 is 0 Å². The number of hydrogen-bond donors (Lipinski definition) is 3. The molecule has 4 N–H and O–H groups in total. The number of nitrogens with one attached hydrogen (secondary N) is 2. The number of rotatable bonds is 6. The molecule has 2 aromatic carbocycles. The van der Waals surface area contributed by atoms with Gasteiger partial charge in [-0.2, -0.15) is 5.10 Å². The van der Waals surface area contributed by atoms with Crippen molar-refractivity contribution in [3.63, 3.8) is 0 Å². The topological polar surface area (TPSA) is 102 Å². The molecule has 0 atom stereocenters. The molecule has 0 spiro atoms. The van der Waals surface area contributed by atoms with Crippen LogP contribution in [-0.4, -0.2) is 27.6 Å². The number of nitrogens with two attached hydrogens (primary N) is 1. The number of para-hydroxylation sites is 2. The third-order valence-corrected chi connectivity index (χ3v) is 4.58. The van der Waals surface area contributed by atoms with Crippen LogP contribution in [0.1, 0.15) is 39.1 Å². The Morgan fingerprint density at radius 2 is 1.79 bits per heavy atom. The highest BCUT2D eigenvalue weighted by Crippen LogP contribution is 2.20. The van der Waals surface area contributed by atoms with Crippen molar-refractivity contribution in [2.75, 3.05) is 11.1 Å². The molecule has 0 radical (unpaired) electrons. The largest absolute Gasteiger partial charge is 0.397 e. The summed E-state index contributed by atoms with van der Waals surface area (Å²) in [7, 11) is 0. The van der Waals surface area contributed by atoms with Crippen LogP contribution in [0.15, 0.2) is 60.9 Å². The minimum Gasteiger partial charge on any atom is -0.397 e. The fourth-order valence-electron chi connectivity index (χ4n) is 2.82. The number of benzene rings is 2. The van der Waals surface area contributed by atoms with Crippen LogP contribution in [0, 0.1) is 0 Å². The Labute approximate surface area is 162 Å². The van der Waals surface area contributed by atoms with Gasteiger partial charge in [0.1, 0.15) is 0 Å². The first-order valence-corrected chi connectivity index (χ1v) is 9.16. The van der Waals surface area contributed by atoms with E-state index in [-0.39, 0.29) is 11.8 Å². The Bertz CT molecular complexity index is 1010. The van der Waals surface area contributed by atoms with Gasteiger partial charge in [0.25, 0.3) is 11.8 Å². The smallest absolute Gasteiger partial charge is 0.255 e. The maximum absolute atomic E-state index is 12.4. The maximum Gasteiger partial charge on any atom is 0.255 e. The van der Waals surface area contributed by atoms with Gasteiger partial charge in [-0.3, -0.25) is 14.3 Å². The van der Waals surface area contributed by atoms with E-state index in [9.17, 15) is 9.59 Å². The van der Waals surface area contributed by atoms with Crippen molar-refractivity contribution in [3.8, 4) is 0 Å². The van der Waals surface area contributed by atoms with Crippen molar-refractivity contribution >= 4 is 23.2 Å². The minimum absolute atomic E-state index is 0.0824. The van der Waals surface area contributed by atoms with Crippen LogP contribution in [0.4, 0.5) is 11.4 Å². The molecular formula is C21H21N5O2. The third-order valence-electron chi connectivity index (χ3n) is 4.58. The van der Waals surface area contributed by atoms with Gasteiger partial charge < -0.3 is 16.4 Å². The van der Waals surface area contributed by atoms with Crippen molar-refractivity contribution in [2.24, 2.45) is 0 Å². The zero-order valence-corrected chi connectivity index (χ0v) is 15.3. The Hall–Kier alpha value is -3.61. The molecule has 1 heterocycles. The number of anilines is 2. The number of amides is 2. The van der Waals surface area contributed by atoms with Gasteiger partial charge in [0.05, 0.1) is 29.7 Å². The number of nitrogens with zero attached hydrogens (tertiary/aromatic N) is 2. The molecule has 1 aliphatic rings. The van der Waals surface area contributed by atoms with E-state index < -0.39 is 0 Å². The van der Waals surface area contributed by atoms with Crippen molar-refractivity contribution in [3.05, 3.63) is 77.6 Å². The van der Waals surface area contributed by atoms with E-state index in [4.69, 9.17) is 5.73 Å². The van der Waals surface area contributed by atoms with Crippen molar-refractivity contribution < 1.29 is 9.59 Å². The predicted molar refractivity (Wildman–Crippen MR) is 107 cm³/mol. The molecule has 0 aliphatic heterocycles. The number of carbonyl (C=O) groups is 2. The first-order valence-electron chi connectivity index (χ1n) is 9.16. The quantitative estimate of drug-likeness (QED) is 0.577. The van der Waals surface area contributed by atoms with Gasteiger partial charge in [-0.1, -0.05) is 24.3 Å². The normalized spacial score (nSPS) is 13.1. The lowest BCUT2D eigenvalue weighted by molar-refractivity contribution is 0.0950. The van der Waals surface area contributed by atoms with E-state index in [1.807, 2.05) is 24.3 Å². The number of nitrogen functional groups attached to an aromatic ring is 1. The summed E-state index contributed by atoms with van der Waals surface area (Å²) >= 11 is 0. The first kappa shape index (κ1) is 17.8. The summed E-state index contributed by atoms with van der Waals surface area (Å²) < 4.78 is 1.71. The molecule has 0 bridgehead atoms. The zero-order valence-electron chi connectivity index (χ0n) is 15.3. The molecule has 1 aliphatic carbocycles. The highest BCUT2D eigenvalue weighted by atomic mass is 16.2. The Balaban J connectivity index is 1.38. The van der Waals surface area contributed by atoms with E-state index in [0.29, 0.717) is 35.1 Å². The molecule has 1 aromatic heterocycles. The molecule has 1 saturated carbocycles. The molecule has 142 valence electrons. The highest BCUT2D eigenvalue weighted by molar-refractivity contribution is 6.05. The second-order valence-electron chi connectivity index (χ2n) is 6.91. The van der Waals surface area contributed by atoms with Gasteiger partial charge in [-0.15, -0.1) is 0 Å². The summed E-state index contributed by atoms with van der Waals surface area (Å²) in [5.74, 6) is -0.302. The fraction of sp³-hybridized carbons (Fsp3) is 0.190.